The Morgan fingerprint density at radius 3 is 2.23 bits per heavy atom. The number of carbonyl (C=O) groups is 2. The smallest absolute Gasteiger partial charge is 0.416 e. The van der Waals surface area contributed by atoms with E-state index in [9.17, 15) is 14.7 Å². The third kappa shape index (κ3) is 7.36. The lowest BCUT2D eigenvalue weighted by Gasteiger charge is -2.27. The van der Waals surface area contributed by atoms with Gasteiger partial charge in [0.2, 0.25) is 0 Å². The summed E-state index contributed by atoms with van der Waals surface area (Å²) < 4.78 is 16.5. The number of aromatic nitrogens is 1. The molecule has 3 aromatic carbocycles. The maximum absolute atomic E-state index is 12.9. The van der Waals surface area contributed by atoms with Crippen molar-refractivity contribution in [3.05, 3.63) is 95.0 Å². The van der Waals surface area contributed by atoms with Gasteiger partial charge >= 0.3 is 12.1 Å². The van der Waals surface area contributed by atoms with Gasteiger partial charge in [-0.1, -0.05) is 42.5 Å². The van der Waals surface area contributed by atoms with Gasteiger partial charge in [0.05, 0.1) is 25.5 Å². The Bertz CT molecular complexity index is 1390. The summed E-state index contributed by atoms with van der Waals surface area (Å²) in [6, 6.07) is 23.3. The van der Waals surface area contributed by atoms with E-state index in [1.807, 2.05) is 42.5 Å². The number of carbonyl (C=O) groups excluding carboxylic acids is 1. The molecule has 0 aliphatic heterocycles. The Morgan fingerprint density at radius 2 is 1.59 bits per heavy atom. The molecule has 39 heavy (non-hydrogen) atoms. The quantitative estimate of drug-likeness (QED) is 0.233. The van der Waals surface area contributed by atoms with E-state index in [1.54, 1.807) is 42.5 Å². The normalized spacial score (nSPS) is 11.5. The van der Waals surface area contributed by atoms with Crippen LogP contribution in [0.4, 0.5) is 4.79 Å². The second-order valence-corrected chi connectivity index (χ2v) is 10.00. The van der Waals surface area contributed by atoms with Gasteiger partial charge in [0.15, 0.2) is 0 Å². The first-order chi connectivity index (χ1) is 18.8. The van der Waals surface area contributed by atoms with E-state index in [0.29, 0.717) is 30.3 Å². The molecule has 0 aliphatic carbocycles. The molecular formula is C30H30N2O6S. The molecule has 0 aliphatic rings. The number of hydrogen-bond donors (Lipinski definition) is 1. The first-order valence-electron chi connectivity index (χ1n) is 12.4. The SMILES string of the molecule is COc1ccc(OC(=O)N(CC(=O)O)C(C)c2ccc(OCCc3nc(-c4ccccc4)sc3C)cc2)cc1. The van der Waals surface area contributed by atoms with E-state index >= 15 is 0 Å². The molecular weight excluding hydrogens is 516 g/mol. The van der Waals surface area contributed by atoms with E-state index in [0.717, 1.165) is 26.7 Å². The molecule has 0 spiro atoms. The number of thiazole rings is 1. The molecule has 1 unspecified atom stereocenters. The lowest BCUT2D eigenvalue weighted by molar-refractivity contribution is -0.138. The van der Waals surface area contributed by atoms with Gasteiger partial charge in [-0.25, -0.2) is 9.78 Å². The highest BCUT2D eigenvalue weighted by Crippen LogP contribution is 2.28. The minimum Gasteiger partial charge on any atom is -0.497 e. The standard InChI is InChI=1S/C30H30N2O6S/c1-20(32(19-28(33)34)30(35)38-26-15-13-24(36-3)14-16-26)22-9-11-25(12-10-22)37-18-17-27-21(2)39-29(31-27)23-7-5-4-6-8-23/h4-16,20H,17-19H2,1-3H3,(H,33,34). The summed E-state index contributed by atoms with van der Waals surface area (Å²) in [6.45, 7) is 3.78. The highest BCUT2D eigenvalue weighted by atomic mass is 32.1. The summed E-state index contributed by atoms with van der Waals surface area (Å²) in [6.07, 6.45) is -0.0828. The van der Waals surface area contributed by atoms with Gasteiger partial charge in [-0.15, -0.1) is 11.3 Å². The molecule has 0 saturated heterocycles. The van der Waals surface area contributed by atoms with E-state index < -0.39 is 24.6 Å². The van der Waals surface area contributed by atoms with Crippen molar-refractivity contribution in [2.24, 2.45) is 0 Å². The van der Waals surface area contributed by atoms with Gasteiger partial charge < -0.3 is 19.3 Å². The van der Waals surface area contributed by atoms with Gasteiger partial charge in [0, 0.05) is 16.9 Å². The second-order valence-electron chi connectivity index (χ2n) is 8.80. The minimum atomic E-state index is -1.14. The molecule has 8 nitrogen and oxygen atoms in total. The number of carboxylic acids is 1. The highest BCUT2D eigenvalue weighted by molar-refractivity contribution is 7.15. The lowest BCUT2D eigenvalue weighted by Crippen LogP contribution is -2.39. The number of rotatable bonds is 11. The van der Waals surface area contributed by atoms with Gasteiger partial charge in [0.25, 0.3) is 0 Å². The first-order valence-corrected chi connectivity index (χ1v) is 13.2. The number of benzene rings is 3. The fourth-order valence-electron chi connectivity index (χ4n) is 3.96. The minimum absolute atomic E-state index is 0.290. The summed E-state index contributed by atoms with van der Waals surface area (Å²) in [5, 5.41) is 10.4. The zero-order chi connectivity index (χ0) is 27.8. The predicted octanol–water partition coefficient (Wildman–Crippen LogP) is 6.40. The van der Waals surface area contributed by atoms with Gasteiger partial charge in [0.1, 0.15) is 28.8 Å². The molecule has 4 rings (SSSR count). The van der Waals surface area contributed by atoms with Crippen molar-refractivity contribution in [1.82, 2.24) is 9.88 Å². The molecule has 1 atom stereocenters. The summed E-state index contributed by atoms with van der Waals surface area (Å²) in [5.41, 5.74) is 2.87. The third-order valence-electron chi connectivity index (χ3n) is 6.16. The Labute approximate surface area is 231 Å². The number of nitrogens with zero attached hydrogens (tertiary/aromatic N) is 2. The average molecular weight is 547 g/mol. The number of aryl methyl sites for hydroxylation is 1. The summed E-state index contributed by atoms with van der Waals surface area (Å²) >= 11 is 1.67. The van der Waals surface area contributed by atoms with Crippen LogP contribution in [0.25, 0.3) is 10.6 Å². The zero-order valence-corrected chi connectivity index (χ0v) is 22.8. The van der Waals surface area contributed by atoms with Crippen LogP contribution in [0.15, 0.2) is 78.9 Å². The topological polar surface area (TPSA) is 98.2 Å². The zero-order valence-electron chi connectivity index (χ0n) is 22.0. The second kappa shape index (κ2) is 12.9. The van der Waals surface area contributed by atoms with Crippen LogP contribution in [0.1, 0.15) is 29.1 Å². The summed E-state index contributed by atoms with van der Waals surface area (Å²) in [5.74, 6) is 0.443. The first kappa shape index (κ1) is 27.7. The predicted molar refractivity (Wildman–Crippen MR) is 150 cm³/mol. The van der Waals surface area contributed by atoms with Crippen LogP contribution in [-0.2, 0) is 11.2 Å². The Kier molecular flexibility index (Phi) is 9.17. The largest absolute Gasteiger partial charge is 0.497 e. The van der Waals surface area contributed by atoms with Crippen molar-refractivity contribution in [2.75, 3.05) is 20.3 Å². The monoisotopic (exact) mass is 546 g/mol. The number of methoxy groups -OCH3 is 1. The van der Waals surface area contributed by atoms with Crippen molar-refractivity contribution >= 4 is 23.4 Å². The number of amides is 1. The molecule has 1 amide bonds. The molecule has 0 bridgehead atoms. The molecule has 9 heteroatoms. The molecule has 0 fully saturated rings. The van der Waals surface area contributed by atoms with Crippen LogP contribution in [0.5, 0.6) is 17.2 Å². The van der Waals surface area contributed by atoms with E-state index in [4.69, 9.17) is 19.2 Å². The van der Waals surface area contributed by atoms with Crippen molar-refractivity contribution in [3.63, 3.8) is 0 Å². The molecule has 4 aromatic rings. The number of aliphatic carboxylic acids is 1. The highest BCUT2D eigenvalue weighted by Gasteiger charge is 2.26. The number of ether oxygens (including phenoxy) is 3. The number of carboxylic acid groups (broad SMARTS) is 1. The van der Waals surface area contributed by atoms with Crippen LogP contribution in [0, 0.1) is 6.92 Å². The maximum atomic E-state index is 12.9. The Balaban J connectivity index is 1.36. The molecule has 202 valence electrons. The third-order valence-corrected chi connectivity index (χ3v) is 7.22. The maximum Gasteiger partial charge on any atom is 0.416 e. The average Bonchev–Trinajstić information content (AvgIpc) is 3.32. The fraction of sp³-hybridized carbons (Fsp3) is 0.233. The van der Waals surface area contributed by atoms with Gasteiger partial charge in [-0.05, 0) is 55.8 Å². The molecule has 0 radical (unpaired) electrons. The van der Waals surface area contributed by atoms with Gasteiger partial charge in [-0.2, -0.15) is 0 Å². The van der Waals surface area contributed by atoms with Crippen LogP contribution < -0.4 is 14.2 Å². The Morgan fingerprint density at radius 1 is 0.949 bits per heavy atom. The Hall–Kier alpha value is -4.37. The van der Waals surface area contributed by atoms with Crippen LogP contribution in [0.3, 0.4) is 0 Å². The molecule has 1 aromatic heterocycles. The van der Waals surface area contributed by atoms with Crippen molar-refractivity contribution in [1.29, 1.82) is 0 Å². The molecule has 1 heterocycles. The molecule has 1 N–H and O–H groups in total. The lowest BCUT2D eigenvalue weighted by atomic mass is 10.1. The molecule has 0 saturated carbocycles. The van der Waals surface area contributed by atoms with Crippen molar-refractivity contribution in [3.8, 4) is 27.8 Å². The van der Waals surface area contributed by atoms with Crippen LogP contribution in [0.2, 0.25) is 0 Å². The summed E-state index contributed by atoms with van der Waals surface area (Å²) in [4.78, 5) is 31.5. The van der Waals surface area contributed by atoms with Crippen LogP contribution >= 0.6 is 11.3 Å². The van der Waals surface area contributed by atoms with Crippen LogP contribution in [-0.4, -0.2) is 47.3 Å². The fourth-order valence-corrected chi connectivity index (χ4v) is 4.93. The number of hydrogen-bond acceptors (Lipinski definition) is 7. The van der Waals surface area contributed by atoms with E-state index in [-0.39, 0.29) is 0 Å². The van der Waals surface area contributed by atoms with Crippen molar-refractivity contribution < 1.29 is 28.9 Å². The van der Waals surface area contributed by atoms with E-state index in [2.05, 4.69) is 19.1 Å². The van der Waals surface area contributed by atoms with Gasteiger partial charge in [-0.3, -0.25) is 9.69 Å². The van der Waals surface area contributed by atoms with Crippen molar-refractivity contribution in [2.45, 2.75) is 26.3 Å². The van der Waals surface area contributed by atoms with E-state index in [1.165, 1.54) is 12.0 Å². The summed E-state index contributed by atoms with van der Waals surface area (Å²) in [7, 11) is 1.54.